The Morgan fingerprint density at radius 3 is 1.55 bits per heavy atom. The Hall–Kier alpha value is -3.40. The van der Waals surface area contributed by atoms with Gasteiger partial charge in [0.1, 0.15) is 11.5 Å². The van der Waals surface area contributed by atoms with Gasteiger partial charge < -0.3 is 9.47 Å². The Balaban J connectivity index is 1.66. The van der Waals surface area contributed by atoms with Gasteiger partial charge in [0.05, 0.1) is 0 Å². The summed E-state index contributed by atoms with van der Waals surface area (Å²) >= 11 is 0. The summed E-state index contributed by atoms with van der Waals surface area (Å²) in [6.07, 6.45) is -0.828. The van der Waals surface area contributed by atoms with E-state index in [2.05, 4.69) is 45.0 Å². The van der Waals surface area contributed by atoms with Crippen LogP contribution in [-0.2, 0) is 5.41 Å². The minimum absolute atomic E-state index is 0.0484. The molecule has 3 rings (SSSR count). The van der Waals surface area contributed by atoms with Crippen LogP contribution in [0.4, 0.5) is 4.79 Å². The molecule has 0 bridgehead atoms. The van der Waals surface area contributed by atoms with Gasteiger partial charge in [-0.25, -0.2) is 4.79 Å². The minimum Gasteiger partial charge on any atom is -0.395 e. The maximum Gasteiger partial charge on any atom is 0.519 e. The first-order chi connectivity index (χ1) is 13.8. The van der Waals surface area contributed by atoms with Crippen molar-refractivity contribution in [2.45, 2.75) is 33.1 Å². The van der Waals surface area contributed by atoms with Gasteiger partial charge in [-0.15, -0.1) is 0 Å². The van der Waals surface area contributed by atoms with Gasteiger partial charge in [-0.2, -0.15) is 0 Å². The topological polar surface area (TPSA) is 52.6 Å². The first-order valence-corrected chi connectivity index (χ1v) is 9.44. The molecule has 0 amide bonds. The van der Waals surface area contributed by atoms with E-state index in [1.165, 1.54) is 18.1 Å². The summed E-state index contributed by atoms with van der Waals surface area (Å²) in [4.78, 5) is 23.3. The molecule has 3 aromatic carbocycles. The van der Waals surface area contributed by atoms with Crippen LogP contribution >= 0.6 is 0 Å². The Kier molecular flexibility index (Phi) is 5.83. The van der Waals surface area contributed by atoms with Gasteiger partial charge >= 0.3 is 6.16 Å². The summed E-state index contributed by atoms with van der Waals surface area (Å²) in [7, 11) is 0. The lowest BCUT2D eigenvalue weighted by Gasteiger charge is -2.26. The Morgan fingerprint density at radius 1 is 0.690 bits per heavy atom. The number of ether oxygens (including phenoxy) is 2. The van der Waals surface area contributed by atoms with Crippen molar-refractivity contribution in [1.82, 2.24) is 0 Å². The van der Waals surface area contributed by atoms with Gasteiger partial charge in [0, 0.05) is 11.0 Å². The van der Waals surface area contributed by atoms with Gasteiger partial charge in [-0.3, -0.25) is 4.79 Å². The van der Waals surface area contributed by atoms with E-state index in [1.807, 2.05) is 12.1 Å². The molecule has 0 radical (unpaired) electrons. The number of hydrogen-bond acceptors (Lipinski definition) is 4. The molecule has 0 N–H and O–H groups in total. The molecule has 0 aromatic heterocycles. The molecule has 0 aliphatic carbocycles. The summed E-state index contributed by atoms with van der Waals surface area (Å²) in [5.41, 5.74) is 3.93. The van der Waals surface area contributed by atoms with Gasteiger partial charge in [0.25, 0.3) is 0 Å². The zero-order chi connectivity index (χ0) is 21.0. The number of hydrogen-bond donors (Lipinski definition) is 0. The molecule has 148 valence electrons. The van der Waals surface area contributed by atoms with E-state index in [-0.39, 0.29) is 11.2 Å². The van der Waals surface area contributed by atoms with E-state index in [1.54, 1.807) is 36.4 Å². The van der Waals surface area contributed by atoms with Gasteiger partial charge in [-0.05, 0) is 61.4 Å². The summed E-state index contributed by atoms with van der Waals surface area (Å²) < 4.78 is 10.4. The SMILES string of the molecule is CC(=O)c1ccc(OC(=O)Oc2ccc(C(C)(C)c3ccc(C)cc3)cc2)cc1. The predicted molar refractivity (Wildman–Crippen MR) is 113 cm³/mol. The quantitative estimate of drug-likeness (QED) is 0.301. The van der Waals surface area contributed by atoms with Crippen LogP contribution in [0.5, 0.6) is 11.5 Å². The van der Waals surface area contributed by atoms with E-state index in [9.17, 15) is 9.59 Å². The fourth-order valence-electron chi connectivity index (χ4n) is 3.05. The molecule has 0 unspecified atom stereocenters. The number of rotatable bonds is 5. The van der Waals surface area contributed by atoms with E-state index in [4.69, 9.17) is 9.47 Å². The summed E-state index contributed by atoms with van der Waals surface area (Å²) in [6.45, 7) is 7.87. The molecule has 0 fully saturated rings. The molecular formula is C25H24O4. The van der Waals surface area contributed by atoms with Crippen LogP contribution in [0.1, 0.15) is 47.8 Å². The van der Waals surface area contributed by atoms with E-state index < -0.39 is 6.16 Å². The number of carbonyl (C=O) groups is 2. The molecule has 0 saturated carbocycles. The first kappa shape index (κ1) is 20.3. The van der Waals surface area contributed by atoms with E-state index in [0.29, 0.717) is 17.1 Å². The van der Waals surface area contributed by atoms with Crippen LogP contribution in [0, 0.1) is 6.92 Å². The van der Waals surface area contributed by atoms with Crippen molar-refractivity contribution in [3.8, 4) is 11.5 Å². The molecule has 0 heterocycles. The second-order valence-corrected chi connectivity index (χ2v) is 7.55. The molecule has 0 saturated heterocycles. The number of ketones is 1. The average molecular weight is 388 g/mol. The molecule has 4 nitrogen and oxygen atoms in total. The summed E-state index contributed by atoms with van der Waals surface area (Å²) in [6, 6.07) is 22.2. The molecule has 0 spiro atoms. The highest BCUT2D eigenvalue weighted by molar-refractivity contribution is 5.94. The van der Waals surface area contributed by atoms with Crippen LogP contribution in [0.15, 0.2) is 72.8 Å². The zero-order valence-corrected chi connectivity index (χ0v) is 17.1. The number of benzene rings is 3. The Labute approximate surface area is 171 Å². The third-order valence-corrected chi connectivity index (χ3v) is 5.01. The second-order valence-electron chi connectivity index (χ2n) is 7.55. The normalized spacial score (nSPS) is 11.0. The standard InChI is InChI=1S/C25H24O4/c1-17-5-9-20(10-6-17)25(3,4)21-11-15-23(16-12-21)29-24(27)28-22-13-7-19(8-14-22)18(2)26/h5-16H,1-4H3. The van der Waals surface area contributed by atoms with Crippen LogP contribution in [0.3, 0.4) is 0 Å². The number of aryl methyl sites for hydroxylation is 1. The molecule has 0 aliphatic rings. The summed E-state index contributed by atoms with van der Waals surface area (Å²) in [5, 5.41) is 0. The fraction of sp³-hybridized carbons (Fsp3) is 0.200. The average Bonchev–Trinajstić information content (AvgIpc) is 2.69. The van der Waals surface area contributed by atoms with Crippen LogP contribution in [-0.4, -0.2) is 11.9 Å². The first-order valence-electron chi connectivity index (χ1n) is 9.44. The monoisotopic (exact) mass is 388 g/mol. The maximum absolute atomic E-state index is 12.0. The lowest BCUT2D eigenvalue weighted by molar-refractivity contribution is 0.101. The van der Waals surface area contributed by atoms with Gasteiger partial charge in [-0.1, -0.05) is 55.8 Å². The van der Waals surface area contributed by atoms with Crippen molar-refractivity contribution in [3.63, 3.8) is 0 Å². The van der Waals surface area contributed by atoms with E-state index >= 15 is 0 Å². The molecule has 0 atom stereocenters. The zero-order valence-electron chi connectivity index (χ0n) is 17.1. The molecule has 0 aliphatic heterocycles. The van der Waals surface area contributed by atoms with Crippen LogP contribution < -0.4 is 9.47 Å². The number of carbonyl (C=O) groups excluding carboxylic acids is 2. The number of Topliss-reactive ketones (excluding diaryl/α,β-unsaturated/α-hetero) is 1. The lowest BCUT2D eigenvalue weighted by atomic mass is 9.78. The second kappa shape index (κ2) is 8.31. The van der Waals surface area contributed by atoms with Crippen molar-refractivity contribution >= 4 is 11.9 Å². The third-order valence-electron chi connectivity index (χ3n) is 5.01. The highest BCUT2D eigenvalue weighted by Crippen LogP contribution is 2.32. The van der Waals surface area contributed by atoms with Crippen molar-refractivity contribution in [2.24, 2.45) is 0 Å². The highest BCUT2D eigenvalue weighted by atomic mass is 16.7. The van der Waals surface area contributed by atoms with Crippen molar-refractivity contribution in [1.29, 1.82) is 0 Å². The maximum atomic E-state index is 12.0. The van der Waals surface area contributed by atoms with Gasteiger partial charge in [0.2, 0.25) is 0 Å². The van der Waals surface area contributed by atoms with E-state index in [0.717, 1.165) is 5.56 Å². The van der Waals surface area contributed by atoms with Crippen LogP contribution in [0.25, 0.3) is 0 Å². The fourth-order valence-corrected chi connectivity index (χ4v) is 3.05. The van der Waals surface area contributed by atoms with Crippen molar-refractivity contribution in [2.75, 3.05) is 0 Å². The predicted octanol–water partition coefficient (Wildman–Crippen LogP) is 6.10. The van der Waals surface area contributed by atoms with Crippen molar-refractivity contribution in [3.05, 3.63) is 95.1 Å². The van der Waals surface area contributed by atoms with Crippen molar-refractivity contribution < 1.29 is 19.1 Å². The highest BCUT2D eigenvalue weighted by Gasteiger charge is 2.23. The third kappa shape index (κ3) is 4.91. The minimum atomic E-state index is -0.828. The smallest absolute Gasteiger partial charge is 0.395 e. The van der Waals surface area contributed by atoms with Crippen LogP contribution in [0.2, 0.25) is 0 Å². The van der Waals surface area contributed by atoms with Gasteiger partial charge in [0.15, 0.2) is 5.78 Å². The molecule has 3 aromatic rings. The molecule has 4 heteroatoms. The summed E-state index contributed by atoms with van der Waals surface area (Å²) in [5.74, 6) is 0.670. The molecule has 29 heavy (non-hydrogen) atoms. The molecular weight excluding hydrogens is 364 g/mol. The lowest BCUT2D eigenvalue weighted by Crippen LogP contribution is -2.19. The largest absolute Gasteiger partial charge is 0.519 e. The Morgan fingerprint density at radius 2 is 1.10 bits per heavy atom. The Bertz CT molecular complexity index is 998.